The van der Waals surface area contributed by atoms with Crippen molar-refractivity contribution in [1.82, 2.24) is 0 Å². The van der Waals surface area contributed by atoms with Crippen LogP contribution < -0.4 is 4.74 Å². The van der Waals surface area contributed by atoms with Crippen LogP contribution in [-0.4, -0.2) is 23.3 Å². The van der Waals surface area contributed by atoms with E-state index in [9.17, 15) is 5.11 Å². The quantitative estimate of drug-likeness (QED) is 0.734. The van der Waals surface area contributed by atoms with E-state index >= 15 is 0 Å². The van der Waals surface area contributed by atoms with Crippen molar-refractivity contribution in [1.29, 1.82) is 0 Å². The Morgan fingerprint density at radius 2 is 1.96 bits per heavy atom. The first-order chi connectivity index (χ1) is 12.0. The number of ether oxygens (including phenoxy) is 2. The van der Waals surface area contributed by atoms with Crippen molar-refractivity contribution in [2.75, 3.05) is 6.61 Å². The molecule has 25 heavy (non-hydrogen) atoms. The van der Waals surface area contributed by atoms with E-state index in [2.05, 4.69) is 30.8 Å². The van der Waals surface area contributed by atoms with Crippen LogP contribution in [0.15, 0.2) is 42.5 Å². The lowest BCUT2D eigenvalue weighted by Crippen LogP contribution is -2.28. The van der Waals surface area contributed by atoms with Crippen LogP contribution in [0.4, 0.5) is 0 Å². The van der Waals surface area contributed by atoms with Gasteiger partial charge in [0.05, 0.1) is 18.8 Å². The van der Waals surface area contributed by atoms with E-state index in [1.54, 1.807) is 0 Å². The fourth-order valence-corrected chi connectivity index (χ4v) is 3.69. The van der Waals surface area contributed by atoms with Crippen LogP contribution in [0.1, 0.15) is 42.6 Å². The fraction of sp³-hybridized carbons (Fsp3) is 0.400. The Labute approximate surface area is 159 Å². The summed E-state index contributed by atoms with van der Waals surface area (Å²) in [5, 5.41) is 10.7. The van der Waals surface area contributed by atoms with Gasteiger partial charge in [0.1, 0.15) is 11.2 Å². The maximum absolute atomic E-state index is 9.97. The second-order valence-electron chi connectivity index (χ2n) is 6.31. The molecule has 3 nitrogen and oxygen atoms in total. The standard InChI is InChI=1S/C20H23ClO3S/c1-2-23-17-6-3-13(4-7-17)9-15-10-14(5-8-18(15)21)19-11-16(22)12-20(25)24-19/h3-8,10,16,19-20,22,25H,2,9,11-12H2,1H3/t16-,19-,20?/m1/s1. The zero-order valence-corrected chi connectivity index (χ0v) is 15.8. The van der Waals surface area contributed by atoms with E-state index in [0.717, 1.165) is 28.3 Å². The van der Waals surface area contributed by atoms with Crippen LogP contribution in [0, 0.1) is 0 Å². The van der Waals surface area contributed by atoms with Crippen molar-refractivity contribution in [3.05, 3.63) is 64.2 Å². The first-order valence-corrected chi connectivity index (χ1v) is 9.46. The van der Waals surface area contributed by atoms with Crippen LogP contribution in [0.3, 0.4) is 0 Å². The van der Waals surface area contributed by atoms with Crippen LogP contribution in [-0.2, 0) is 11.2 Å². The number of benzene rings is 2. The number of halogens is 1. The summed E-state index contributed by atoms with van der Waals surface area (Å²) in [4.78, 5) is 0. The Bertz CT molecular complexity index is 695. The fourth-order valence-electron chi connectivity index (χ4n) is 3.11. The first-order valence-electron chi connectivity index (χ1n) is 8.56. The van der Waals surface area contributed by atoms with Crippen molar-refractivity contribution in [2.45, 2.75) is 43.8 Å². The summed E-state index contributed by atoms with van der Waals surface area (Å²) in [6.07, 6.45) is 1.35. The van der Waals surface area contributed by atoms with Gasteiger partial charge in [-0.1, -0.05) is 35.9 Å². The lowest BCUT2D eigenvalue weighted by Gasteiger charge is -2.31. The molecule has 0 radical (unpaired) electrons. The summed E-state index contributed by atoms with van der Waals surface area (Å²) in [6, 6.07) is 14.0. The highest BCUT2D eigenvalue weighted by atomic mass is 35.5. The van der Waals surface area contributed by atoms with E-state index in [1.165, 1.54) is 5.56 Å². The average molecular weight is 379 g/mol. The molecule has 0 saturated carbocycles. The van der Waals surface area contributed by atoms with E-state index in [0.29, 0.717) is 19.4 Å². The van der Waals surface area contributed by atoms with E-state index in [1.807, 2.05) is 31.2 Å². The summed E-state index contributed by atoms with van der Waals surface area (Å²) in [7, 11) is 0. The van der Waals surface area contributed by atoms with Gasteiger partial charge in [0.15, 0.2) is 0 Å². The molecule has 5 heteroatoms. The van der Waals surface area contributed by atoms with Gasteiger partial charge in [-0.3, -0.25) is 0 Å². The smallest absolute Gasteiger partial charge is 0.119 e. The highest BCUT2D eigenvalue weighted by molar-refractivity contribution is 7.80. The van der Waals surface area contributed by atoms with Gasteiger partial charge in [-0.15, -0.1) is 12.6 Å². The zero-order valence-electron chi connectivity index (χ0n) is 14.2. The number of hydrogen-bond acceptors (Lipinski definition) is 4. The normalized spacial score (nSPS) is 23.4. The summed E-state index contributed by atoms with van der Waals surface area (Å²) < 4.78 is 11.4. The molecule has 2 aromatic carbocycles. The van der Waals surface area contributed by atoms with Crippen LogP contribution in [0.25, 0.3) is 0 Å². The van der Waals surface area contributed by atoms with Crippen LogP contribution in [0.2, 0.25) is 5.02 Å². The van der Waals surface area contributed by atoms with E-state index in [-0.39, 0.29) is 17.6 Å². The van der Waals surface area contributed by atoms with Gasteiger partial charge in [0.2, 0.25) is 0 Å². The largest absolute Gasteiger partial charge is 0.494 e. The number of aliphatic hydroxyl groups is 1. The molecule has 0 bridgehead atoms. The Morgan fingerprint density at radius 1 is 1.20 bits per heavy atom. The highest BCUT2D eigenvalue weighted by Crippen LogP contribution is 2.34. The monoisotopic (exact) mass is 378 g/mol. The van der Waals surface area contributed by atoms with Gasteiger partial charge < -0.3 is 14.6 Å². The van der Waals surface area contributed by atoms with Gasteiger partial charge >= 0.3 is 0 Å². The summed E-state index contributed by atoms with van der Waals surface area (Å²) in [5.74, 6) is 0.871. The molecular weight excluding hydrogens is 356 g/mol. The van der Waals surface area contributed by atoms with Gasteiger partial charge in [-0.25, -0.2) is 0 Å². The van der Waals surface area contributed by atoms with Gasteiger partial charge in [-0.05, 0) is 48.2 Å². The number of hydrogen-bond donors (Lipinski definition) is 2. The predicted molar refractivity (Wildman–Crippen MR) is 104 cm³/mol. The second kappa shape index (κ2) is 8.45. The third-order valence-corrected chi connectivity index (χ3v) is 5.05. The molecule has 0 spiro atoms. The SMILES string of the molecule is CCOc1ccc(Cc2cc([C@H]3C[C@@H](O)CC(S)O3)ccc2Cl)cc1. The van der Waals surface area contributed by atoms with Gasteiger partial charge in [0, 0.05) is 17.9 Å². The highest BCUT2D eigenvalue weighted by Gasteiger charge is 2.27. The first kappa shape index (κ1) is 18.6. The second-order valence-corrected chi connectivity index (χ2v) is 7.29. The molecule has 1 heterocycles. The van der Waals surface area contributed by atoms with Crippen LogP contribution >= 0.6 is 24.2 Å². The van der Waals surface area contributed by atoms with Crippen molar-refractivity contribution >= 4 is 24.2 Å². The maximum Gasteiger partial charge on any atom is 0.119 e. The average Bonchev–Trinajstić information content (AvgIpc) is 2.58. The molecule has 0 amide bonds. The summed E-state index contributed by atoms with van der Waals surface area (Å²) >= 11 is 10.8. The van der Waals surface area contributed by atoms with E-state index < -0.39 is 0 Å². The summed E-state index contributed by atoms with van der Waals surface area (Å²) in [6.45, 7) is 2.63. The Kier molecular flexibility index (Phi) is 6.29. The molecular formula is C20H23ClO3S. The molecule has 0 aromatic heterocycles. The molecule has 1 aliphatic rings. The van der Waals surface area contributed by atoms with Crippen molar-refractivity contribution < 1.29 is 14.6 Å². The predicted octanol–water partition coefficient (Wildman–Crippen LogP) is 4.80. The molecule has 1 N–H and O–H groups in total. The number of thiol groups is 1. The molecule has 1 saturated heterocycles. The van der Waals surface area contributed by atoms with Gasteiger partial charge in [0.25, 0.3) is 0 Å². The summed E-state index contributed by atoms with van der Waals surface area (Å²) in [5.41, 5.74) is 3.00. The molecule has 3 rings (SSSR count). The molecule has 1 fully saturated rings. The molecule has 0 aliphatic carbocycles. The minimum absolute atomic E-state index is 0.150. The number of aliphatic hydroxyl groups excluding tert-OH is 1. The Hall–Kier alpha value is -1.20. The third kappa shape index (κ3) is 4.91. The molecule has 1 unspecified atom stereocenters. The molecule has 134 valence electrons. The Balaban J connectivity index is 1.77. The van der Waals surface area contributed by atoms with Crippen molar-refractivity contribution in [3.63, 3.8) is 0 Å². The third-order valence-electron chi connectivity index (χ3n) is 4.35. The van der Waals surface area contributed by atoms with Crippen LogP contribution in [0.5, 0.6) is 5.75 Å². The van der Waals surface area contributed by atoms with E-state index in [4.69, 9.17) is 21.1 Å². The molecule has 1 aliphatic heterocycles. The molecule has 2 aromatic rings. The lowest BCUT2D eigenvalue weighted by molar-refractivity contribution is -0.0598. The minimum Gasteiger partial charge on any atom is -0.494 e. The minimum atomic E-state index is -0.383. The topological polar surface area (TPSA) is 38.7 Å². The lowest BCUT2D eigenvalue weighted by atomic mass is 9.96. The zero-order chi connectivity index (χ0) is 17.8. The maximum atomic E-state index is 9.97. The number of rotatable bonds is 5. The Morgan fingerprint density at radius 3 is 2.64 bits per heavy atom. The molecule has 3 atom stereocenters. The van der Waals surface area contributed by atoms with Crippen molar-refractivity contribution in [3.8, 4) is 5.75 Å². The van der Waals surface area contributed by atoms with Crippen molar-refractivity contribution in [2.24, 2.45) is 0 Å². The van der Waals surface area contributed by atoms with Gasteiger partial charge in [-0.2, -0.15) is 0 Å².